The smallest absolute Gasteiger partial charge is 0.162 e. The lowest BCUT2D eigenvalue weighted by molar-refractivity contribution is 0.303. The highest BCUT2D eigenvalue weighted by Gasteiger charge is 2.26. The monoisotopic (exact) mass is 710 g/mol. The molecule has 52 heavy (non-hydrogen) atoms. The first-order valence-corrected chi connectivity index (χ1v) is 18.0. The van der Waals surface area contributed by atoms with Crippen molar-refractivity contribution in [1.82, 2.24) is 0 Å². The minimum absolute atomic E-state index is 0.0669. The zero-order valence-electron chi connectivity index (χ0n) is 29.4. The fourth-order valence-corrected chi connectivity index (χ4v) is 6.73. The summed E-state index contributed by atoms with van der Waals surface area (Å²) in [6.07, 6.45) is 7.31. The van der Waals surface area contributed by atoms with Crippen LogP contribution in [0.3, 0.4) is 0 Å². The van der Waals surface area contributed by atoms with Crippen molar-refractivity contribution in [3.63, 3.8) is 0 Å². The SMILES string of the molecule is CCCCCCOc1cc(F)c(F)cc1-c1cc2ccccc2c(-c2c(O)c(-c3cc(F)c(F)cc3OCCCCCC)cc3ccccc23)c1O. The molecule has 0 bridgehead atoms. The summed E-state index contributed by atoms with van der Waals surface area (Å²) in [5.74, 6) is -4.88. The number of hydrogen-bond donors (Lipinski definition) is 2. The second-order valence-corrected chi connectivity index (χ2v) is 13.1. The minimum atomic E-state index is -1.11. The topological polar surface area (TPSA) is 58.9 Å². The van der Waals surface area contributed by atoms with Gasteiger partial charge in [-0.05, 0) is 58.7 Å². The summed E-state index contributed by atoms with van der Waals surface area (Å²) >= 11 is 0. The first kappa shape index (κ1) is 36.5. The second-order valence-electron chi connectivity index (χ2n) is 13.1. The molecule has 0 fully saturated rings. The predicted octanol–water partition coefficient (Wildman–Crippen LogP) is 12.9. The van der Waals surface area contributed by atoms with Crippen LogP contribution in [0.5, 0.6) is 23.0 Å². The number of hydrogen-bond acceptors (Lipinski definition) is 4. The van der Waals surface area contributed by atoms with Crippen molar-refractivity contribution in [2.75, 3.05) is 13.2 Å². The van der Waals surface area contributed by atoms with Gasteiger partial charge in [0, 0.05) is 45.5 Å². The molecule has 0 atom stereocenters. The normalized spacial score (nSPS) is 11.4. The van der Waals surface area contributed by atoms with E-state index in [1.54, 1.807) is 36.4 Å². The maximum absolute atomic E-state index is 14.9. The van der Waals surface area contributed by atoms with Crippen molar-refractivity contribution in [3.8, 4) is 56.4 Å². The summed E-state index contributed by atoms with van der Waals surface area (Å²) in [6.45, 7) is 4.71. The number of phenols is 2. The van der Waals surface area contributed by atoms with Crippen LogP contribution in [0.1, 0.15) is 65.2 Å². The Labute approximate surface area is 301 Å². The highest BCUT2D eigenvalue weighted by Crippen LogP contribution is 2.53. The maximum Gasteiger partial charge on any atom is 0.162 e. The average Bonchev–Trinajstić information content (AvgIpc) is 3.14. The molecule has 0 aliphatic heterocycles. The van der Waals surface area contributed by atoms with E-state index in [-0.39, 0.29) is 69.6 Å². The number of unbranched alkanes of at least 4 members (excludes halogenated alkanes) is 6. The maximum atomic E-state index is 14.9. The Bertz CT molecular complexity index is 2060. The molecule has 0 heterocycles. The Morgan fingerprint density at radius 3 is 1.25 bits per heavy atom. The van der Waals surface area contributed by atoms with Gasteiger partial charge in [-0.25, -0.2) is 17.6 Å². The van der Waals surface area contributed by atoms with Crippen molar-refractivity contribution in [3.05, 3.63) is 108 Å². The molecule has 0 aliphatic carbocycles. The number of fused-ring (bicyclic) bond motifs is 2. The summed E-state index contributed by atoms with van der Waals surface area (Å²) in [7, 11) is 0. The summed E-state index contributed by atoms with van der Waals surface area (Å²) in [6, 6.07) is 21.7. The Kier molecular flexibility index (Phi) is 11.5. The molecule has 0 unspecified atom stereocenters. The van der Waals surface area contributed by atoms with Crippen molar-refractivity contribution < 1.29 is 37.2 Å². The van der Waals surface area contributed by atoms with E-state index in [0.717, 1.165) is 62.8 Å². The molecule has 0 aromatic heterocycles. The number of aromatic hydroxyl groups is 2. The lowest BCUT2D eigenvalue weighted by Gasteiger charge is -2.21. The second kappa shape index (κ2) is 16.4. The molecule has 0 saturated heterocycles. The molecule has 0 saturated carbocycles. The first-order valence-electron chi connectivity index (χ1n) is 18.0. The van der Waals surface area contributed by atoms with Crippen LogP contribution in [0, 0.1) is 23.3 Å². The van der Waals surface area contributed by atoms with E-state index in [0.29, 0.717) is 34.4 Å². The summed E-state index contributed by atoms with van der Waals surface area (Å²) in [5.41, 5.74) is 1.03. The van der Waals surface area contributed by atoms with Gasteiger partial charge in [-0.1, -0.05) is 101 Å². The van der Waals surface area contributed by atoms with Gasteiger partial charge in [0.05, 0.1) is 13.2 Å². The van der Waals surface area contributed by atoms with E-state index >= 15 is 0 Å². The molecular weight excluding hydrogens is 668 g/mol. The third-order valence-corrected chi connectivity index (χ3v) is 9.43. The predicted molar refractivity (Wildman–Crippen MR) is 200 cm³/mol. The minimum Gasteiger partial charge on any atom is -0.507 e. The summed E-state index contributed by atoms with van der Waals surface area (Å²) in [5, 5.41) is 26.9. The van der Waals surface area contributed by atoms with Crippen molar-refractivity contribution in [2.45, 2.75) is 65.2 Å². The fourth-order valence-electron chi connectivity index (χ4n) is 6.73. The van der Waals surface area contributed by atoms with Gasteiger partial charge in [-0.3, -0.25) is 0 Å². The molecule has 8 heteroatoms. The molecule has 0 radical (unpaired) electrons. The highest BCUT2D eigenvalue weighted by molar-refractivity contribution is 6.14. The van der Waals surface area contributed by atoms with E-state index < -0.39 is 23.3 Å². The largest absolute Gasteiger partial charge is 0.507 e. The Morgan fingerprint density at radius 1 is 0.462 bits per heavy atom. The van der Waals surface area contributed by atoms with Gasteiger partial charge < -0.3 is 19.7 Å². The van der Waals surface area contributed by atoms with Gasteiger partial charge in [0.15, 0.2) is 23.3 Å². The van der Waals surface area contributed by atoms with Crippen molar-refractivity contribution in [1.29, 1.82) is 0 Å². The number of phenolic OH excluding ortho intramolecular Hbond substituents is 2. The Morgan fingerprint density at radius 2 is 0.846 bits per heavy atom. The van der Waals surface area contributed by atoms with Gasteiger partial charge in [0.2, 0.25) is 0 Å². The van der Waals surface area contributed by atoms with Crippen LogP contribution in [-0.2, 0) is 0 Å². The zero-order chi connectivity index (χ0) is 36.8. The van der Waals surface area contributed by atoms with Crippen LogP contribution in [0.15, 0.2) is 84.9 Å². The van der Waals surface area contributed by atoms with Gasteiger partial charge in [0.25, 0.3) is 0 Å². The van der Waals surface area contributed by atoms with E-state index in [9.17, 15) is 27.8 Å². The molecule has 2 N–H and O–H groups in total. The van der Waals surface area contributed by atoms with E-state index in [2.05, 4.69) is 13.8 Å². The third kappa shape index (κ3) is 7.52. The van der Waals surface area contributed by atoms with Crippen LogP contribution in [0.2, 0.25) is 0 Å². The van der Waals surface area contributed by atoms with Crippen LogP contribution < -0.4 is 9.47 Å². The van der Waals surface area contributed by atoms with Crippen LogP contribution in [0.25, 0.3) is 54.9 Å². The van der Waals surface area contributed by atoms with Gasteiger partial charge in [0.1, 0.15) is 23.0 Å². The Balaban J connectivity index is 1.59. The number of benzene rings is 6. The summed E-state index contributed by atoms with van der Waals surface area (Å²) in [4.78, 5) is 0. The third-order valence-electron chi connectivity index (χ3n) is 9.43. The zero-order valence-corrected chi connectivity index (χ0v) is 29.4. The number of rotatable bonds is 15. The molecule has 0 spiro atoms. The fraction of sp³-hybridized carbons (Fsp3) is 0.273. The number of halogens is 4. The lowest BCUT2D eigenvalue weighted by Crippen LogP contribution is -2.02. The molecular formula is C44H42F4O4. The van der Waals surface area contributed by atoms with E-state index in [1.165, 1.54) is 0 Å². The highest BCUT2D eigenvalue weighted by atomic mass is 19.2. The van der Waals surface area contributed by atoms with Crippen molar-refractivity contribution in [2.24, 2.45) is 0 Å². The Hall–Kier alpha value is -5.24. The molecule has 6 rings (SSSR count). The molecule has 4 nitrogen and oxygen atoms in total. The van der Waals surface area contributed by atoms with Crippen molar-refractivity contribution >= 4 is 21.5 Å². The van der Waals surface area contributed by atoms with Crippen LogP contribution >= 0.6 is 0 Å². The first-order chi connectivity index (χ1) is 25.2. The van der Waals surface area contributed by atoms with Gasteiger partial charge >= 0.3 is 0 Å². The summed E-state index contributed by atoms with van der Waals surface area (Å²) < 4.78 is 71.2. The van der Waals surface area contributed by atoms with Gasteiger partial charge in [-0.15, -0.1) is 0 Å². The molecule has 6 aromatic rings. The molecule has 6 aromatic carbocycles. The molecule has 0 aliphatic rings. The molecule has 0 amide bonds. The standard InChI is InChI=1S/C44H42F4O4/c1-3-5-7-13-19-51-39-25-37(47)35(45)23-31(39)33-21-27-15-9-11-17-29(27)41(43(33)49)42-30-18-12-10-16-28(30)22-34(44(42)50)32-24-36(46)38(48)26-40(32)52-20-14-8-6-4-2/h9-12,15-18,21-26,49-50H,3-8,13-14,19-20H2,1-2H3. The van der Waals surface area contributed by atoms with Crippen LogP contribution in [-0.4, -0.2) is 23.4 Å². The quantitative estimate of drug-likeness (QED) is 0.0823. The number of ether oxygens (including phenoxy) is 2. The van der Waals surface area contributed by atoms with E-state index in [1.807, 2.05) is 24.3 Å². The molecule has 270 valence electrons. The van der Waals surface area contributed by atoms with E-state index in [4.69, 9.17) is 9.47 Å². The van der Waals surface area contributed by atoms with Gasteiger partial charge in [-0.2, -0.15) is 0 Å². The average molecular weight is 711 g/mol. The van der Waals surface area contributed by atoms with Crippen LogP contribution in [0.4, 0.5) is 17.6 Å². The lowest BCUT2D eigenvalue weighted by atomic mass is 9.86.